The number of aromatic nitrogens is 1. The third-order valence-electron chi connectivity index (χ3n) is 5.67. The van der Waals surface area contributed by atoms with Crippen molar-refractivity contribution in [2.75, 3.05) is 13.1 Å². The van der Waals surface area contributed by atoms with Gasteiger partial charge in [0.1, 0.15) is 11.9 Å². The van der Waals surface area contributed by atoms with E-state index < -0.39 is 10.0 Å². The highest BCUT2D eigenvalue weighted by molar-refractivity contribution is 7.89. The molecule has 0 atom stereocenters. The van der Waals surface area contributed by atoms with E-state index in [-0.39, 0.29) is 6.10 Å². The van der Waals surface area contributed by atoms with Crippen molar-refractivity contribution in [3.05, 3.63) is 79.1 Å². The van der Waals surface area contributed by atoms with Gasteiger partial charge in [0.2, 0.25) is 10.0 Å². The average Bonchev–Trinajstić information content (AvgIpc) is 2.79. The fourth-order valence-corrected chi connectivity index (χ4v) is 5.50. The Morgan fingerprint density at radius 1 is 0.833 bits per heavy atom. The van der Waals surface area contributed by atoms with E-state index in [0.29, 0.717) is 30.8 Å². The highest BCUT2D eigenvalue weighted by Crippen LogP contribution is 2.27. The monoisotopic (exact) mass is 418 g/mol. The van der Waals surface area contributed by atoms with Crippen LogP contribution in [-0.4, -0.2) is 36.9 Å². The summed E-state index contributed by atoms with van der Waals surface area (Å²) in [4.78, 5) is 4.41. The first-order chi connectivity index (χ1) is 14.6. The molecule has 1 saturated heterocycles. The molecule has 3 aromatic carbocycles. The maximum absolute atomic E-state index is 13.1. The molecule has 0 saturated carbocycles. The van der Waals surface area contributed by atoms with Crippen LogP contribution in [0, 0.1) is 0 Å². The second-order valence-corrected chi connectivity index (χ2v) is 9.55. The molecule has 0 amide bonds. The van der Waals surface area contributed by atoms with Gasteiger partial charge >= 0.3 is 0 Å². The molecule has 0 bridgehead atoms. The molecule has 0 N–H and O–H groups in total. The Kier molecular flexibility index (Phi) is 4.89. The number of fused-ring (bicyclic) bond motifs is 2. The number of ether oxygens (including phenoxy) is 1. The molecule has 0 radical (unpaired) electrons. The molecule has 5 rings (SSSR count). The van der Waals surface area contributed by atoms with E-state index in [9.17, 15) is 8.42 Å². The Morgan fingerprint density at radius 2 is 1.57 bits per heavy atom. The molecule has 1 aliphatic heterocycles. The smallest absolute Gasteiger partial charge is 0.243 e. The standard InChI is InChI=1S/C24H22N2O3S/c27-30(28,24-8-6-19-9-12-25-17-21(19)16-24)26-13-10-22(11-14-26)29-23-7-5-18-3-1-2-4-20(18)15-23/h1-9,12,15-17,22H,10-11,13-14H2. The predicted octanol–water partition coefficient (Wildman–Crippen LogP) is 4.62. The second kappa shape index (κ2) is 7.70. The SMILES string of the molecule is O=S(=O)(c1ccc2ccncc2c1)N1CCC(Oc2ccc3ccccc3c2)CC1. The Morgan fingerprint density at radius 3 is 2.40 bits per heavy atom. The number of pyridine rings is 1. The van der Waals surface area contributed by atoms with Gasteiger partial charge in [0.05, 0.1) is 4.90 Å². The van der Waals surface area contributed by atoms with E-state index in [2.05, 4.69) is 23.2 Å². The van der Waals surface area contributed by atoms with Gasteiger partial charge in [0, 0.05) is 30.9 Å². The largest absolute Gasteiger partial charge is 0.490 e. The fourth-order valence-electron chi connectivity index (χ4n) is 4.00. The van der Waals surface area contributed by atoms with Gasteiger partial charge in [-0.15, -0.1) is 0 Å². The summed E-state index contributed by atoms with van der Waals surface area (Å²) in [6.07, 6.45) is 4.75. The van der Waals surface area contributed by atoms with Crippen molar-refractivity contribution in [3.63, 3.8) is 0 Å². The lowest BCUT2D eigenvalue weighted by atomic mass is 10.1. The first-order valence-electron chi connectivity index (χ1n) is 10.1. The summed E-state index contributed by atoms with van der Waals surface area (Å²) in [6.45, 7) is 0.900. The number of rotatable bonds is 4. The van der Waals surface area contributed by atoms with Gasteiger partial charge in [-0.1, -0.05) is 36.4 Å². The minimum absolute atomic E-state index is 0.0124. The van der Waals surface area contributed by atoms with Gasteiger partial charge in [-0.2, -0.15) is 4.31 Å². The maximum Gasteiger partial charge on any atom is 0.243 e. The van der Waals surface area contributed by atoms with Crippen LogP contribution in [0.3, 0.4) is 0 Å². The van der Waals surface area contributed by atoms with E-state index in [0.717, 1.165) is 21.9 Å². The topological polar surface area (TPSA) is 59.5 Å². The Labute approximate surface area is 176 Å². The lowest BCUT2D eigenvalue weighted by Gasteiger charge is -2.31. The molecule has 152 valence electrons. The van der Waals surface area contributed by atoms with Crippen molar-refractivity contribution in [3.8, 4) is 5.75 Å². The zero-order valence-corrected chi connectivity index (χ0v) is 17.3. The first kappa shape index (κ1) is 19.0. The quantitative estimate of drug-likeness (QED) is 0.485. The molecular formula is C24H22N2O3S. The number of hydrogen-bond acceptors (Lipinski definition) is 4. The summed E-state index contributed by atoms with van der Waals surface area (Å²) in [6, 6.07) is 21.3. The number of piperidine rings is 1. The number of benzene rings is 3. The van der Waals surface area contributed by atoms with Crippen molar-refractivity contribution >= 4 is 31.6 Å². The highest BCUT2D eigenvalue weighted by atomic mass is 32.2. The van der Waals surface area contributed by atoms with Gasteiger partial charge in [-0.05, 0) is 59.3 Å². The number of sulfonamides is 1. The van der Waals surface area contributed by atoms with Crippen LogP contribution in [-0.2, 0) is 10.0 Å². The van der Waals surface area contributed by atoms with E-state index in [1.165, 1.54) is 5.39 Å². The number of nitrogens with zero attached hydrogens (tertiary/aromatic N) is 2. The molecule has 4 aromatic rings. The van der Waals surface area contributed by atoms with Crippen LogP contribution in [0.1, 0.15) is 12.8 Å². The lowest BCUT2D eigenvalue weighted by molar-refractivity contribution is 0.135. The molecule has 1 aromatic heterocycles. The molecule has 0 aliphatic carbocycles. The minimum atomic E-state index is -3.53. The average molecular weight is 419 g/mol. The molecule has 6 heteroatoms. The van der Waals surface area contributed by atoms with Crippen LogP contribution in [0.25, 0.3) is 21.5 Å². The maximum atomic E-state index is 13.1. The summed E-state index contributed by atoms with van der Waals surface area (Å²) in [5.41, 5.74) is 0. The van der Waals surface area contributed by atoms with Crippen molar-refractivity contribution < 1.29 is 13.2 Å². The summed E-state index contributed by atoms with van der Waals surface area (Å²) < 4.78 is 33.9. The van der Waals surface area contributed by atoms with Gasteiger partial charge < -0.3 is 4.74 Å². The van der Waals surface area contributed by atoms with E-state index >= 15 is 0 Å². The third kappa shape index (κ3) is 3.64. The molecule has 1 fully saturated rings. The molecule has 30 heavy (non-hydrogen) atoms. The molecule has 2 heterocycles. The molecule has 1 aliphatic rings. The Bertz CT molecular complexity index is 1310. The molecular weight excluding hydrogens is 396 g/mol. The van der Waals surface area contributed by atoms with Crippen molar-refractivity contribution in [2.45, 2.75) is 23.8 Å². The van der Waals surface area contributed by atoms with Gasteiger partial charge in [0.15, 0.2) is 0 Å². The van der Waals surface area contributed by atoms with Crippen LogP contribution >= 0.6 is 0 Å². The fraction of sp³-hybridized carbons (Fsp3) is 0.208. The van der Waals surface area contributed by atoms with Crippen LogP contribution in [0.5, 0.6) is 5.75 Å². The Balaban J connectivity index is 1.28. The van der Waals surface area contributed by atoms with Gasteiger partial charge in [-0.25, -0.2) is 8.42 Å². The normalized spacial score (nSPS) is 16.1. The van der Waals surface area contributed by atoms with E-state index in [1.807, 2.05) is 36.4 Å². The lowest BCUT2D eigenvalue weighted by Crippen LogP contribution is -2.41. The van der Waals surface area contributed by atoms with Crippen LogP contribution < -0.4 is 4.74 Å². The predicted molar refractivity (Wildman–Crippen MR) is 118 cm³/mol. The third-order valence-corrected chi connectivity index (χ3v) is 7.57. The van der Waals surface area contributed by atoms with Crippen molar-refractivity contribution in [1.82, 2.24) is 9.29 Å². The highest BCUT2D eigenvalue weighted by Gasteiger charge is 2.30. The summed E-state index contributed by atoms with van der Waals surface area (Å²) in [5, 5.41) is 4.12. The van der Waals surface area contributed by atoms with Crippen LogP contribution in [0.4, 0.5) is 0 Å². The van der Waals surface area contributed by atoms with Gasteiger partial charge in [0.25, 0.3) is 0 Å². The van der Waals surface area contributed by atoms with E-state index in [4.69, 9.17) is 4.74 Å². The minimum Gasteiger partial charge on any atom is -0.490 e. The van der Waals surface area contributed by atoms with Crippen molar-refractivity contribution in [2.24, 2.45) is 0 Å². The molecule has 0 spiro atoms. The van der Waals surface area contributed by atoms with E-state index in [1.54, 1.807) is 28.8 Å². The second-order valence-electron chi connectivity index (χ2n) is 7.61. The molecule has 0 unspecified atom stereocenters. The van der Waals surface area contributed by atoms with Crippen LogP contribution in [0.2, 0.25) is 0 Å². The molecule has 5 nitrogen and oxygen atoms in total. The first-order valence-corrected chi connectivity index (χ1v) is 11.5. The van der Waals surface area contributed by atoms with Crippen LogP contribution in [0.15, 0.2) is 84.0 Å². The zero-order chi connectivity index (χ0) is 20.6. The summed E-state index contributed by atoms with van der Waals surface area (Å²) in [5.74, 6) is 0.831. The van der Waals surface area contributed by atoms with Gasteiger partial charge in [-0.3, -0.25) is 4.98 Å². The summed E-state index contributed by atoms with van der Waals surface area (Å²) >= 11 is 0. The summed E-state index contributed by atoms with van der Waals surface area (Å²) in [7, 11) is -3.53. The van der Waals surface area contributed by atoms with Crippen molar-refractivity contribution in [1.29, 1.82) is 0 Å². The zero-order valence-electron chi connectivity index (χ0n) is 16.4. The Hall–Kier alpha value is -2.96. The number of hydrogen-bond donors (Lipinski definition) is 0.